The topological polar surface area (TPSA) is 57.5 Å². The fourth-order valence-electron chi connectivity index (χ4n) is 0.635. The molecule has 11 heavy (non-hydrogen) atoms. The van der Waals surface area contributed by atoms with Crippen molar-refractivity contribution in [3.05, 3.63) is 29.3 Å². The maximum atomic E-state index is 10.7. The normalized spacial score (nSPS) is 11.5. The summed E-state index contributed by atoms with van der Waals surface area (Å²) in [7, 11) is 0. The molecule has 1 rings (SSSR count). The number of rotatable bonds is 1. The standard InChI is InChI=1S/C6H6AsClO3/c8-6-3-1-5(2-4-6)7(9,10)11/h1-4H,(H2,9,10,11). The van der Waals surface area contributed by atoms with Gasteiger partial charge < -0.3 is 0 Å². The van der Waals surface area contributed by atoms with Gasteiger partial charge in [-0.1, -0.05) is 0 Å². The van der Waals surface area contributed by atoms with Crippen LogP contribution in [0.25, 0.3) is 0 Å². The minimum absolute atomic E-state index is 0.0486. The molecule has 0 radical (unpaired) electrons. The summed E-state index contributed by atoms with van der Waals surface area (Å²) < 4.78 is 28.1. The van der Waals surface area contributed by atoms with Gasteiger partial charge in [-0.25, -0.2) is 0 Å². The van der Waals surface area contributed by atoms with Gasteiger partial charge in [0.1, 0.15) is 0 Å². The predicted molar refractivity (Wildman–Crippen MR) is 42.0 cm³/mol. The summed E-state index contributed by atoms with van der Waals surface area (Å²) in [5.74, 6) is 0. The van der Waals surface area contributed by atoms with Gasteiger partial charge >= 0.3 is 71.3 Å². The summed E-state index contributed by atoms with van der Waals surface area (Å²) in [6.07, 6.45) is 0. The van der Waals surface area contributed by atoms with Gasteiger partial charge in [0.2, 0.25) is 0 Å². The molecule has 0 aliphatic carbocycles. The fourth-order valence-corrected chi connectivity index (χ4v) is 1.89. The maximum absolute atomic E-state index is 10.7. The first-order valence-corrected chi connectivity index (χ1v) is 6.58. The summed E-state index contributed by atoms with van der Waals surface area (Å²) in [6.45, 7) is 0. The van der Waals surface area contributed by atoms with Crippen molar-refractivity contribution in [2.45, 2.75) is 0 Å². The Morgan fingerprint density at radius 2 is 1.64 bits per heavy atom. The number of hydrogen-bond acceptors (Lipinski definition) is 1. The molecule has 2 N–H and O–H groups in total. The summed E-state index contributed by atoms with van der Waals surface area (Å²) in [5, 5.41) is 0.470. The van der Waals surface area contributed by atoms with Crippen LogP contribution in [-0.2, 0) is 3.74 Å². The summed E-state index contributed by atoms with van der Waals surface area (Å²) in [6, 6.07) is 5.58. The average molecular weight is 236 g/mol. The quantitative estimate of drug-likeness (QED) is 0.670. The van der Waals surface area contributed by atoms with Crippen LogP contribution in [0.2, 0.25) is 5.02 Å². The van der Waals surface area contributed by atoms with Gasteiger partial charge in [0.05, 0.1) is 0 Å². The van der Waals surface area contributed by atoms with Crippen LogP contribution in [0, 0.1) is 0 Å². The van der Waals surface area contributed by atoms with Crippen molar-refractivity contribution < 1.29 is 11.9 Å². The molecule has 0 aromatic heterocycles. The second-order valence-electron chi connectivity index (χ2n) is 2.02. The van der Waals surface area contributed by atoms with Crippen LogP contribution in [0.4, 0.5) is 0 Å². The number of hydrogen-bond donors (Lipinski definition) is 2. The van der Waals surface area contributed by atoms with Gasteiger partial charge in [0.25, 0.3) is 0 Å². The third kappa shape index (κ3) is 2.38. The van der Waals surface area contributed by atoms with E-state index < -0.39 is 14.2 Å². The fraction of sp³-hybridized carbons (Fsp3) is 0. The van der Waals surface area contributed by atoms with Crippen LogP contribution in [-0.4, -0.2) is 22.4 Å². The van der Waals surface area contributed by atoms with Crippen molar-refractivity contribution in [1.82, 2.24) is 0 Å². The molecule has 0 spiro atoms. The van der Waals surface area contributed by atoms with Crippen molar-refractivity contribution in [3.8, 4) is 0 Å². The molecule has 0 heterocycles. The van der Waals surface area contributed by atoms with Gasteiger partial charge in [-0.3, -0.25) is 0 Å². The SMILES string of the molecule is O=[As](O)(O)c1ccc(Cl)cc1. The molecule has 1 aromatic rings. The van der Waals surface area contributed by atoms with Crippen LogP contribution in [0.5, 0.6) is 0 Å². The molecule has 0 amide bonds. The van der Waals surface area contributed by atoms with E-state index >= 15 is 0 Å². The summed E-state index contributed by atoms with van der Waals surface area (Å²) in [4.78, 5) is 0. The third-order valence-electron chi connectivity index (χ3n) is 1.16. The minimum atomic E-state index is -4.68. The third-order valence-corrected chi connectivity index (χ3v) is 3.45. The molecule has 1 aromatic carbocycles. The average Bonchev–Trinajstić information content (AvgIpc) is 1.86. The van der Waals surface area contributed by atoms with Crippen LogP contribution in [0.15, 0.2) is 24.3 Å². The molecule has 0 aliphatic heterocycles. The molecular weight excluding hydrogens is 230 g/mol. The molecule has 0 unspecified atom stereocenters. The van der Waals surface area contributed by atoms with Crippen molar-refractivity contribution in [2.75, 3.05) is 0 Å². The second kappa shape index (κ2) is 3.03. The molecule has 0 saturated heterocycles. The van der Waals surface area contributed by atoms with Crippen molar-refractivity contribution in [1.29, 1.82) is 0 Å². The Morgan fingerprint density at radius 1 is 1.18 bits per heavy atom. The van der Waals surface area contributed by atoms with E-state index in [-0.39, 0.29) is 4.35 Å². The first-order valence-electron chi connectivity index (χ1n) is 2.82. The van der Waals surface area contributed by atoms with Crippen LogP contribution >= 0.6 is 11.6 Å². The van der Waals surface area contributed by atoms with Crippen molar-refractivity contribution in [3.63, 3.8) is 0 Å². The van der Waals surface area contributed by atoms with E-state index in [2.05, 4.69) is 0 Å². The van der Waals surface area contributed by atoms with Gasteiger partial charge in [-0.15, -0.1) is 0 Å². The molecule has 0 atom stereocenters. The van der Waals surface area contributed by atoms with E-state index in [0.29, 0.717) is 5.02 Å². The zero-order chi connectivity index (χ0) is 8.48. The summed E-state index contributed by atoms with van der Waals surface area (Å²) >= 11 is 0.832. The Balaban J connectivity index is 3.09. The molecular formula is C6H6AsClO3. The first-order chi connectivity index (χ1) is 5.00. The van der Waals surface area contributed by atoms with E-state index in [4.69, 9.17) is 19.8 Å². The predicted octanol–water partition coefficient (Wildman–Crippen LogP) is -0.0990. The Labute approximate surface area is 71.6 Å². The molecule has 0 saturated carbocycles. The van der Waals surface area contributed by atoms with E-state index in [0.717, 1.165) is 0 Å². The van der Waals surface area contributed by atoms with Gasteiger partial charge in [0, 0.05) is 0 Å². The zero-order valence-corrected chi connectivity index (χ0v) is 8.07. The second-order valence-corrected chi connectivity index (χ2v) is 5.82. The van der Waals surface area contributed by atoms with Crippen LogP contribution < -0.4 is 4.35 Å². The monoisotopic (exact) mass is 236 g/mol. The Kier molecular flexibility index (Phi) is 2.45. The van der Waals surface area contributed by atoms with Crippen LogP contribution in [0.1, 0.15) is 0 Å². The Hall–Kier alpha value is -0.212. The molecule has 0 bridgehead atoms. The number of halogens is 1. The van der Waals surface area contributed by atoms with E-state index in [1.807, 2.05) is 0 Å². The van der Waals surface area contributed by atoms with Crippen molar-refractivity contribution >= 4 is 30.1 Å². The van der Waals surface area contributed by atoms with E-state index in [1.165, 1.54) is 24.3 Å². The molecule has 0 aliphatic rings. The van der Waals surface area contributed by atoms with Gasteiger partial charge in [-0.2, -0.15) is 0 Å². The molecule has 5 heteroatoms. The zero-order valence-electron chi connectivity index (χ0n) is 5.44. The van der Waals surface area contributed by atoms with Crippen molar-refractivity contribution in [2.24, 2.45) is 0 Å². The van der Waals surface area contributed by atoms with E-state index in [9.17, 15) is 3.74 Å². The van der Waals surface area contributed by atoms with Gasteiger partial charge in [0.15, 0.2) is 0 Å². The van der Waals surface area contributed by atoms with Crippen LogP contribution in [0.3, 0.4) is 0 Å². The van der Waals surface area contributed by atoms with Gasteiger partial charge in [-0.05, 0) is 0 Å². The van der Waals surface area contributed by atoms with E-state index in [1.54, 1.807) is 0 Å². The molecule has 3 nitrogen and oxygen atoms in total. The number of benzene rings is 1. The molecule has 60 valence electrons. The Morgan fingerprint density at radius 3 is 2.00 bits per heavy atom. The molecule has 0 fully saturated rings. The summed E-state index contributed by atoms with van der Waals surface area (Å²) in [5.41, 5.74) is 0. The first kappa shape index (κ1) is 8.88. The Bertz CT molecular complexity index is 289.